The highest BCUT2D eigenvalue weighted by Crippen LogP contribution is 2.28. The lowest BCUT2D eigenvalue weighted by Crippen LogP contribution is -1.96. The van der Waals surface area contributed by atoms with Crippen molar-refractivity contribution in [2.75, 3.05) is 0 Å². The molecule has 0 bridgehead atoms. The third kappa shape index (κ3) is 2.05. The molecule has 0 N–H and O–H groups in total. The quantitative estimate of drug-likeness (QED) is 0.698. The van der Waals surface area contributed by atoms with Gasteiger partial charge >= 0.3 is 0 Å². The second-order valence-corrected chi connectivity index (χ2v) is 5.15. The summed E-state index contributed by atoms with van der Waals surface area (Å²) in [5, 5.41) is 1.63. The van der Waals surface area contributed by atoms with E-state index in [0.717, 1.165) is 35.0 Å². The molecule has 0 aliphatic heterocycles. The van der Waals surface area contributed by atoms with Crippen molar-refractivity contribution in [3.63, 3.8) is 0 Å². The minimum Gasteiger partial charge on any atom is -0.261 e. The van der Waals surface area contributed by atoms with Crippen LogP contribution < -0.4 is 0 Å². The van der Waals surface area contributed by atoms with E-state index in [-0.39, 0.29) is 0 Å². The summed E-state index contributed by atoms with van der Waals surface area (Å²) < 4.78 is 0. The van der Waals surface area contributed by atoms with Crippen molar-refractivity contribution in [2.45, 2.75) is 19.3 Å². The second-order valence-electron chi connectivity index (χ2n) is 4.31. The molecule has 1 aromatic carbocycles. The molecular weight excluding hydrogens is 253 g/mol. The Balaban J connectivity index is 2.10. The molecule has 0 atom stereocenters. The molecular formula is C14H11Cl2N. The molecule has 0 fully saturated rings. The highest BCUT2D eigenvalue weighted by molar-refractivity contribution is 6.31. The van der Waals surface area contributed by atoms with Gasteiger partial charge in [0.25, 0.3) is 0 Å². The predicted octanol–water partition coefficient (Wildman–Crippen LogP) is 4.08. The molecule has 3 rings (SSSR count). The fraction of sp³-hybridized carbons (Fsp3) is 0.214. The van der Waals surface area contributed by atoms with Crippen LogP contribution in [0.4, 0.5) is 0 Å². The Hall–Kier alpha value is -1.05. The first kappa shape index (κ1) is 11.1. The zero-order valence-electron chi connectivity index (χ0n) is 9.21. The zero-order valence-corrected chi connectivity index (χ0v) is 10.7. The Morgan fingerprint density at radius 2 is 1.88 bits per heavy atom. The molecule has 1 aromatic heterocycles. The van der Waals surface area contributed by atoms with Crippen molar-refractivity contribution in [1.82, 2.24) is 4.98 Å². The van der Waals surface area contributed by atoms with Crippen LogP contribution in [0.5, 0.6) is 0 Å². The normalized spacial score (nSPS) is 13.8. The maximum Gasteiger partial charge on any atom is 0.0494 e. The van der Waals surface area contributed by atoms with Gasteiger partial charge in [-0.1, -0.05) is 29.3 Å². The highest BCUT2D eigenvalue weighted by atomic mass is 35.5. The average molecular weight is 264 g/mol. The van der Waals surface area contributed by atoms with Crippen molar-refractivity contribution in [1.29, 1.82) is 0 Å². The van der Waals surface area contributed by atoms with Crippen LogP contribution in [0, 0.1) is 0 Å². The lowest BCUT2D eigenvalue weighted by molar-refractivity contribution is 0.952. The Morgan fingerprint density at radius 1 is 1.00 bits per heavy atom. The summed E-state index contributed by atoms with van der Waals surface area (Å²) in [7, 11) is 0. The van der Waals surface area contributed by atoms with Crippen LogP contribution >= 0.6 is 23.2 Å². The third-order valence-corrected chi connectivity index (χ3v) is 3.85. The number of fused-ring (bicyclic) bond motifs is 2. The SMILES string of the molecule is Clc1ccc2c(c1)CCc1c(Cl)ccnc1C2. The van der Waals surface area contributed by atoms with Crippen LogP contribution in [0.2, 0.25) is 10.0 Å². The van der Waals surface area contributed by atoms with Gasteiger partial charge in [-0.2, -0.15) is 0 Å². The summed E-state index contributed by atoms with van der Waals surface area (Å²) in [6.45, 7) is 0. The lowest BCUT2D eigenvalue weighted by atomic mass is 10.0. The Kier molecular flexibility index (Phi) is 2.81. The molecule has 17 heavy (non-hydrogen) atoms. The standard InChI is InChI=1S/C14H11Cl2N/c15-11-3-1-10-8-14-12(4-2-9(10)7-11)13(16)5-6-17-14/h1,3,5-7H,2,4,8H2. The van der Waals surface area contributed by atoms with Crippen molar-refractivity contribution < 1.29 is 0 Å². The molecule has 2 aromatic rings. The molecule has 1 aliphatic carbocycles. The van der Waals surface area contributed by atoms with Gasteiger partial charge in [-0.05, 0) is 47.7 Å². The number of benzene rings is 1. The van der Waals surface area contributed by atoms with Gasteiger partial charge < -0.3 is 0 Å². The molecule has 0 radical (unpaired) electrons. The number of aromatic nitrogens is 1. The van der Waals surface area contributed by atoms with E-state index < -0.39 is 0 Å². The second kappa shape index (κ2) is 4.32. The van der Waals surface area contributed by atoms with E-state index in [2.05, 4.69) is 17.1 Å². The Bertz CT molecular complexity index is 578. The maximum atomic E-state index is 6.22. The van der Waals surface area contributed by atoms with Crippen LogP contribution in [0.25, 0.3) is 0 Å². The molecule has 1 aliphatic rings. The minimum atomic E-state index is 0.800. The third-order valence-electron chi connectivity index (χ3n) is 3.26. The summed E-state index contributed by atoms with van der Waals surface area (Å²) in [5.41, 5.74) is 4.90. The first-order chi connectivity index (χ1) is 8.24. The Morgan fingerprint density at radius 3 is 2.76 bits per heavy atom. The highest BCUT2D eigenvalue weighted by Gasteiger charge is 2.16. The van der Waals surface area contributed by atoms with Gasteiger partial charge in [0.2, 0.25) is 0 Å². The van der Waals surface area contributed by atoms with Crippen LogP contribution in [0.3, 0.4) is 0 Å². The molecule has 0 amide bonds. The number of nitrogens with zero attached hydrogens (tertiary/aromatic N) is 1. The predicted molar refractivity (Wildman–Crippen MR) is 70.9 cm³/mol. The van der Waals surface area contributed by atoms with Crippen molar-refractivity contribution in [2.24, 2.45) is 0 Å². The van der Waals surface area contributed by atoms with Crippen molar-refractivity contribution in [3.05, 3.63) is 62.9 Å². The van der Waals surface area contributed by atoms with E-state index >= 15 is 0 Å². The summed E-state index contributed by atoms with van der Waals surface area (Å²) >= 11 is 12.3. The smallest absolute Gasteiger partial charge is 0.0494 e. The summed E-state index contributed by atoms with van der Waals surface area (Å²) in [6, 6.07) is 7.95. The van der Waals surface area contributed by atoms with E-state index in [9.17, 15) is 0 Å². The fourth-order valence-electron chi connectivity index (χ4n) is 2.36. The summed E-state index contributed by atoms with van der Waals surface area (Å²) in [4.78, 5) is 4.44. The molecule has 1 heterocycles. The van der Waals surface area contributed by atoms with Gasteiger partial charge in [0.05, 0.1) is 0 Å². The number of aryl methyl sites for hydroxylation is 1. The monoisotopic (exact) mass is 263 g/mol. The Labute approximate surface area is 110 Å². The number of hydrogen-bond acceptors (Lipinski definition) is 1. The van der Waals surface area contributed by atoms with Crippen LogP contribution in [0.1, 0.15) is 22.4 Å². The van der Waals surface area contributed by atoms with E-state index in [4.69, 9.17) is 23.2 Å². The molecule has 1 nitrogen and oxygen atoms in total. The van der Waals surface area contributed by atoms with Gasteiger partial charge in [-0.15, -0.1) is 0 Å². The summed E-state index contributed by atoms with van der Waals surface area (Å²) in [5.74, 6) is 0. The van der Waals surface area contributed by atoms with Crippen LogP contribution in [-0.4, -0.2) is 4.98 Å². The van der Waals surface area contributed by atoms with Gasteiger partial charge in [-0.25, -0.2) is 0 Å². The molecule has 86 valence electrons. The van der Waals surface area contributed by atoms with Gasteiger partial charge in [0.15, 0.2) is 0 Å². The number of rotatable bonds is 0. The van der Waals surface area contributed by atoms with E-state index in [1.54, 1.807) is 6.20 Å². The first-order valence-corrected chi connectivity index (χ1v) is 6.39. The minimum absolute atomic E-state index is 0.800. The van der Waals surface area contributed by atoms with Gasteiger partial charge in [-0.3, -0.25) is 4.98 Å². The van der Waals surface area contributed by atoms with Crippen molar-refractivity contribution in [3.8, 4) is 0 Å². The maximum absolute atomic E-state index is 6.22. The first-order valence-electron chi connectivity index (χ1n) is 5.63. The topological polar surface area (TPSA) is 12.9 Å². The molecule has 0 spiro atoms. The van der Waals surface area contributed by atoms with E-state index in [1.807, 2.05) is 12.1 Å². The number of pyridine rings is 1. The molecule has 0 unspecified atom stereocenters. The molecule has 0 saturated carbocycles. The lowest BCUT2D eigenvalue weighted by Gasteiger charge is -2.06. The largest absolute Gasteiger partial charge is 0.261 e. The number of hydrogen-bond donors (Lipinski definition) is 0. The molecule has 3 heteroatoms. The van der Waals surface area contributed by atoms with Crippen molar-refractivity contribution >= 4 is 23.2 Å². The molecule has 0 saturated heterocycles. The fourth-order valence-corrected chi connectivity index (χ4v) is 2.82. The summed E-state index contributed by atoms with van der Waals surface area (Å²) in [6.07, 6.45) is 4.55. The van der Waals surface area contributed by atoms with Crippen LogP contribution in [-0.2, 0) is 19.3 Å². The number of halogens is 2. The zero-order chi connectivity index (χ0) is 11.8. The average Bonchev–Trinajstić information content (AvgIpc) is 2.49. The van der Waals surface area contributed by atoms with Gasteiger partial charge in [0.1, 0.15) is 0 Å². The van der Waals surface area contributed by atoms with Crippen LogP contribution in [0.15, 0.2) is 30.5 Å². The van der Waals surface area contributed by atoms with Gasteiger partial charge in [0, 0.05) is 28.4 Å². The van der Waals surface area contributed by atoms with E-state index in [1.165, 1.54) is 16.7 Å². The van der Waals surface area contributed by atoms with E-state index in [0.29, 0.717) is 0 Å².